The zero-order chi connectivity index (χ0) is 19.3. The molecule has 1 N–H and O–H groups in total. The summed E-state index contributed by atoms with van der Waals surface area (Å²) in [5.74, 6) is 0.335. The van der Waals surface area contributed by atoms with E-state index in [9.17, 15) is 5.11 Å². The highest BCUT2D eigenvalue weighted by atomic mass is 32.2. The third kappa shape index (κ3) is 4.65. The van der Waals surface area contributed by atoms with Gasteiger partial charge in [-0.1, -0.05) is 18.2 Å². The largest absolute Gasteiger partial charge is 0.508 e. The number of anilines is 1. The Morgan fingerprint density at radius 1 is 1.04 bits per heavy atom. The molecule has 28 heavy (non-hydrogen) atoms. The van der Waals surface area contributed by atoms with E-state index in [1.54, 1.807) is 12.1 Å². The topological polar surface area (TPSA) is 35.9 Å². The molecule has 2 aromatic carbocycles. The summed E-state index contributed by atoms with van der Waals surface area (Å²) in [7, 11) is 1.84. The van der Waals surface area contributed by atoms with Crippen LogP contribution in [-0.2, 0) is 4.74 Å². The fourth-order valence-electron chi connectivity index (χ4n) is 4.28. The number of fused-ring (bicyclic) bond motifs is 1. The van der Waals surface area contributed by atoms with Crippen molar-refractivity contribution in [3.8, 4) is 5.75 Å². The van der Waals surface area contributed by atoms with E-state index >= 15 is 0 Å². The van der Waals surface area contributed by atoms with Crippen molar-refractivity contribution in [1.82, 2.24) is 4.90 Å². The summed E-state index contributed by atoms with van der Waals surface area (Å²) in [6, 6.07) is 16.3. The predicted molar refractivity (Wildman–Crippen MR) is 116 cm³/mol. The van der Waals surface area contributed by atoms with Gasteiger partial charge in [-0.05, 0) is 61.7 Å². The van der Waals surface area contributed by atoms with Crippen LogP contribution in [0.15, 0.2) is 53.4 Å². The number of benzene rings is 2. The molecule has 150 valence electrons. The molecule has 1 saturated heterocycles. The third-order valence-electron chi connectivity index (χ3n) is 5.91. The van der Waals surface area contributed by atoms with Gasteiger partial charge in [0.1, 0.15) is 5.75 Å². The van der Waals surface area contributed by atoms with Crippen LogP contribution in [-0.4, -0.2) is 55.1 Å². The number of rotatable bonds is 6. The number of hydrogen-bond acceptors (Lipinski definition) is 5. The van der Waals surface area contributed by atoms with Crippen LogP contribution >= 0.6 is 11.8 Å². The van der Waals surface area contributed by atoms with Gasteiger partial charge in [0.2, 0.25) is 0 Å². The summed E-state index contributed by atoms with van der Waals surface area (Å²) in [6.07, 6.45) is 3.86. The average molecular weight is 399 g/mol. The van der Waals surface area contributed by atoms with Crippen molar-refractivity contribution in [1.29, 1.82) is 0 Å². The van der Waals surface area contributed by atoms with E-state index in [1.165, 1.54) is 35.5 Å². The minimum absolute atomic E-state index is 0.247. The van der Waals surface area contributed by atoms with Crippen molar-refractivity contribution in [2.24, 2.45) is 0 Å². The second-order valence-electron chi connectivity index (χ2n) is 7.73. The predicted octanol–water partition coefficient (Wildman–Crippen LogP) is 4.55. The summed E-state index contributed by atoms with van der Waals surface area (Å²) in [5, 5.41) is 10.1. The van der Waals surface area contributed by atoms with Crippen molar-refractivity contribution in [2.45, 2.75) is 35.5 Å². The molecule has 0 aliphatic carbocycles. The number of ether oxygens (including phenoxy) is 1. The smallest absolute Gasteiger partial charge is 0.115 e. The molecule has 2 unspecified atom stereocenters. The Hall–Kier alpha value is -1.69. The molecule has 2 atom stereocenters. The van der Waals surface area contributed by atoms with E-state index in [2.05, 4.69) is 34.1 Å². The van der Waals surface area contributed by atoms with Gasteiger partial charge in [-0.2, -0.15) is 0 Å². The Morgan fingerprint density at radius 2 is 1.79 bits per heavy atom. The maximum absolute atomic E-state index is 9.45. The Balaban J connectivity index is 1.22. The first-order valence-corrected chi connectivity index (χ1v) is 11.2. The number of phenolic OH excluding ortho intramolecular Hbond substituents is 1. The monoisotopic (exact) mass is 398 g/mol. The lowest BCUT2D eigenvalue weighted by molar-refractivity contribution is 0.0901. The zero-order valence-electron chi connectivity index (χ0n) is 16.6. The normalized spacial score (nSPS) is 22.8. The van der Waals surface area contributed by atoms with Gasteiger partial charge in [0.05, 0.1) is 6.10 Å². The second-order valence-corrected chi connectivity index (χ2v) is 9.07. The first-order valence-electron chi connectivity index (χ1n) is 10.3. The number of thioether (sulfide) groups is 1. The first-order chi connectivity index (χ1) is 13.7. The fraction of sp³-hybridized carbons (Fsp3) is 0.478. The second kappa shape index (κ2) is 9.21. The molecule has 5 heteroatoms. The van der Waals surface area contributed by atoms with Gasteiger partial charge in [-0.15, -0.1) is 11.8 Å². The molecular formula is C23H30N2O2S. The lowest BCUT2D eigenvalue weighted by Gasteiger charge is -2.36. The van der Waals surface area contributed by atoms with Crippen LogP contribution in [0.3, 0.4) is 0 Å². The van der Waals surface area contributed by atoms with E-state index in [1.807, 2.05) is 31.0 Å². The van der Waals surface area contributed by atoms with E-state index in [0.29, 0.717) is 11.0 Å². The molecule has 0 amide bonds. The highest BCUT2D eigenvalue weighted by molar-refractivity contribution is 8.00. The fourth-order valence-corrected chi connectivity index (χ4v) is 5.69. The van der Waals surface area contributed by atoms with E-state index in [0.717, 1.165) is 32.6 Å². The number of phenols is 1. The Morgan fingerprint density at radius 3 is 2.54 bits per heavy atom. The molecule has 2 aliphatic rings. The van der Waals surface area contributed by atoms with Crippen molar-refractivity contribution < 1.29 is 9.84 Å². The van der Waals surface area contributed by atoms with Crippen LogP contribution in [0.4, 0.5) is 5.69 Å². The molecule has 2 aliphatic heterocycles. The Bertz CT molecular complexity index is 759. The molecular weight excluding hydrogens is 368 g/mol. The highest BCUT2D eigenvalue weighted by Crippen LogP contribution is 2.43. The molecule has 0 radical (unpaired) electrons. The highest BCUT2D eigenvalue weighted by Gasteiger charge is 2.27. The molecule has 4 nitrogen and oxygen atoms in total. The number of nitrogens with zero attached hydrogens (tertiary/aromatic N) is 2. The van der Waals surface area contributed by atoms with Crippen LogP contribution in [0.5, 0.6) is 5.75 Å². The maximum atomic E-state index is 9.45. The molecule has 2 aromatic rings. The number of methoxy groups -OCH3 is 1. The van der Waals surface area contributed by atoms with Crippen molar-refractivity contribution in [3.63, 3.8) is 0 Å². The quantitative estimate of drug-likeness (QED) is 0.773. The first kappa shape index (κ1) is 19.6. The summed E-state index contributed by atoms with van der Waals surface area (Å²) in [6.45, 7) is 5.52. The lowest BCUT2D eigenvalue weighted by Crippen LogP contribution is -2.46. The van der Waals surface area contributed by atoms with Crippen LogP contribution in [0.1, 0.15) is 30.9 Å². The number of hydrogen-bond donors (Lipinski definition) is 1. The summed E-state index contributed by atoms with van der Waals surface area (Å²) in [4.78, 5) is 6.40. The molecule has 2 heterocycles. The Labute approximate surface area is 172 Å². The SMILES string of the molecule is COC1CC(CCCN2CCN(c3ccc(O)cc3)CC2)Sc2ccccc21. The molecule has 1 fully saturated rings. The van der Waals surface area contributed by atoms with Crippen LogP contribution in [0.25, 0.3) is 0 Å². The number of aromatic hydroxyl groups is 1. The standard InChI is InChI=1S/C23H30N2O2S/c1-27-22-17-20(28-23-7-3-2-6-21(22)23)5-4-12-24-13-15-25(16-14-24)18-8-10-19(26)11-9-18/h2-3,6-11,20,22,26H,4-5,12-17H2,1H3. The lowest BCUT2D eigenvalue weighted by atomic mass is 10.0. The van der Waals surface area contributed by atoms with E-state index in [-0.39, 0.29) is 6.10 Å². The summed E-state index contributed by atoms with van der Waals surface area (Å²) in [5.41, 5.74) is 2.57. The van der Waals surface area contributed by atoms with Gasteiger partial charge in [0.15, 0.2) is 0 Å². The molecule has 0 bridgehead atoms. The van der Waals surface area contributed by atoms with Crippen LogP contribution < -0.4 is 4.90 Å². The summed E-state index contributed by atoms with van der Waals surface area (Å²) < 4.78 is 5.76. The third-order valence-corrected chi connectivity index (χ3v) is 7.30. The van der Waals surface area contributed by atoms with Gasteiger partial charge < -0.3 is 14.7 Å². The zero-order valence-corrected chi connectivity index (χ0v) is 17.4. The van der Waals surface area contributed by atoms with Gasteiger partial charge in [0.25, 0.3) is 0 Å². The number of piperazine rings is 1. The maximum Gasteiger partial charge on any atom is 0.115 e. The van der Waals surface area contributed by atoms with Crippen LogP contribution in [0, 0.1) is 0 Å². The molecule has 0 saturated carbocycles. The van der Waals surface area contributed by atoms with Crippen molar-refractivity contribution in [2.75, 3.05) is 44.7 Å². The minimum Gasteiger partial charge on any atom is -0.508 e. The van der Waals surface area contributed by atoms with Gasteiger partial charge in [0, 0.05) is 49.1 Å². The van der Waals surface area contributed by atoms with E-state index < -0.39 is 0 Å². The van der Waals surface area contributed by atoms with Gasteiger partial charge in [-0.25, -0.2) is 0 Å². The molecule has 0 spiro atoms. The van der Waals surface area contributed by atoms with Crippen LogP contribution in [0.2, 0.25) is 0 Å². The van der Waals surface area contributed by atoms with E-state index in [4.69, 9.17) is 4.74 Å². The molecule has 4 rings (SSSR count). The minimum atomic E-state index is 0.247. The Kier molecular flexibility index (Phi) is 6.45. The average Bonchev–Trinajstić information content (AvgIpc) is 2.74. The van der Waals surface area contributed by atoms with Crippen molar-refractivity contribution in [3.05, 3.63) is 54.1 Å². The van der Waals surface area contributed by atoms with Crippen molar-refractivity contribution >= 4 is 17.4 Å². The van der Waals surface area contributed by atoms with Gasteiger partial charge >= 0.3 is 0 Å². The molecule has 0 aromatic heterocycles. The summed E-state index contributed by atoms with van der Waals surface area (Å²) >= 11 is 2.03. The van der Waals surface area contributed by atoms with Gasteiger partial charge in [-0.3, -0.25) is 4.90 Å².